The second-order valence-corrected chi connectivity index (χ2v) is 8.06. The van der Waals surface area contributed by atoms with Crippen molar-refractivity contribution in [3.8, 4) is 0 Å². The van der Waals surface area contributed by atoms with Gasteiger partial charge in [-0.2, -0.15) is 0 Å². The monoisotopic (exact) mass is 457 g/mol. The number of rotatable bonds is 6. The predicted octanol–water partition coefficient (Wildman–Crippen LogP) is 4.00. The molecule has 10 heteroatoms. The zero-order chi connectivity index (χ0) is 23.6. The molecule has 0 unspecified atom stereocenters. The number of halogens is 1. The van der Waals surface area contributed by atoms with Crippen LogP contribution < -0.4 is 5.32 Å². The third kappa shape index (κ3) is 5.16. The van der Waals surface area contributed by atoms with E-state index in [1.54, 1.807) is 27.8 Å². The van der Waals surface area contributed by atoms with E-state index in [1.807, 2.05) is 0 Å². The Labute approximate surface area is 191 Å². The molecule has 1 aromatic carbocycles. The molecule has 0 spiro atoms. The lowest BCUT2D eigenvalue weighted by Gasteiger charge is -2.17. The zero-order valence-electron chi connectivity index (χ0n) is 18.4. The highest BCUT2D eigenvalue weighted by atomic mass is 19.1. The first-order valence-corrected chi connectivity index (χ1v) is 9.74. The summed E-state index contributed by atoms with van der Waals surface area (Å²) in [6.45, 7) is 5.03. The lowest BCUT2D eigenvalue weighted by atomic mass is 9.98. The fraction of sp³-hybridized carbons (Fsp3) is 0.348. The van der Waals surface area contributed by atoms with Gasteiger partial charge in [0.05, 0.1) is 24.4 Å². The smallest absolute Gasteiger partial charge is 0.341 e. The maximum atomic E-state index is 13.6. The molecule has 176 valence electrons. The lowest BCUT2D eigenvalue weighted by Crippen LogP contribution is -2.24. The van der Waals surface area contributed by atoms with E-state index in [2.05, 4.69) is 15.3 Å². The minimum Gasteiger partial charge on any atom is -0.465 e. The summed E-state index contributed by atoms with van der Waals surface area (Å²) in [5, 5.41) is 11.4. The van der Waals surface area contributed by atoms with Crippen LogP contribution in [0.3, 0.4) is 0 Å². The summed E-state index contributed by atoms with van der Waals surface area (Å²) >= 11 is 0. The highest BCUT2D eigenvalue weighted by Gasteiger charge is 2.25. The van der Waals surface area contributed by atoms with Gasteiger partial charge in [-0.1, -0.05) is 7.43 Å². The number of fused-ring (bicyclic) bond motifs is 1. The molecular weight excluding hydrogens is 429 g/mol. The van der Waals surface area contributed by atoms with Gasteiger partial charge in [-0.3, -0.25) is 14.8 Å². The van der Waals surface area contributed by atoms with Gasteiger partial charge in [0.25, 0.3) is 0 Å². The molecule has 0 aliphatic rings. The number of methoxy groups -OCH3 is 1. The van der Waals surface area contributed by atoms with Gasteiger partial charge in [-0.05, 0) is 39.0 Å². The Balaban J connectivity index is 0.00000385. The third-order valence-corrected chi connectivity index (χ3v) is 4.69. The van der Waals surface area contributed by atoms with E-state index in [0.29, 0.717) is 11.3 Å². The van der Waals surface area contributed by atoms with Crippen LogP contribution in [0.2, 0.25) is 0 Å². The predicted molar refractivity (Wildman–Crippen MR) is 123 cm³/mol. The van der Waals surface area contributed by atoms with Crippen LogP contribution in [-0.2, 0) is 21.0 Å². The zero-order valence-corrected chi connectivity index (χ0v) is 18.4. The number of carbonyl (C=O) groups is 2. The summed E-state index contributed by atoms with van der Waals surface area (Å²) in [5.41, 5.74) is 0.904. The number of hydrogen-bond acceptors (Lipinski definition) is 8. The maximum Gasteiger partial charge on any atom is 0.341 e. The quantitative estimate of drug-likeness (QED) is 0.424. The Kier molecular flexibility index (Phi) is 7.53. The maximum absolute atomic E-state index is 13.6. The molecule has 0 aliphatic carbocycles. The van der Waals surface area contributed by atoms with Crippen LogP contribution in [0.5, 0.6) is 0 Å². The second kappa shape index (κ2) is 9.76. The molecule has 9 nitrogen and oxygen atoms in total. The van der Waals surface area contributed by atoms with Gasteiger partial charge in [0, 0.05) is 24.5 Å². The molecule has 2 heterocycles. The molecule has 3 aromatic rings. The van der Waals surface area contributed by atoms with E-state index >= 15 is 0 Å². The van der Waals surface area contributed by atoms with Crippen molar-refractivity contribution in [1.29, 1.82) is 5.41 Å². The molecule has 0 fully saturated rings. The molecule has 0 aliphatic heterocycles. The summed E-state index contributed by atoms with van der Waals surface area (Å²) in [4.78, 5) is 33.2. The summed E-state index contributed by atoms with van der Waals surface area (Å²) in [7, 11) is 2.86. The molecule has 2 aromatic heterocycles. The van der Waals surface area contributed by atoms with Gasteiger partial charge < -0.3 is 14.8 Å². The van der Waals surface area contributed by atoms with E-state index in [1.165, 1.54) is 42.3 Å². The van der Waals surface area contributed by atoms with Crippen LogP contribution in [-0.4, -0.2) is 46.3 Å². The van der Waals surface area contributed by atoms with Crippen molar-refractivity contribution >= 4 is 34.5 Å². The molecule has 0 bridgehead atoms. The Hall–Kier alpha value is -3.82. The number of aromatic nitrogens is 3. The van der Waals surface area contributed by atoms with E-state index in [-0.39, 0.29) is 42.3 Å². The lowest BCUT2D eigenvalue weighted by molar-refractivity contribution is -0.156. The van der Waals surface area contributed by atoms with Crippen molar-refractivity contribution in [1.82, 2.24) is 14.5 Å². The van der Waals surface area contributed by atoms with Gasteiger partial charge in [0.15, 0.2) is 12.4 Å². The second-order valence-electron chi connectivity index (χ2n) is 8.06. The first-order valence-electron chi connectivity index (χ1n) is 9.74. The van der Waals surface area contributed by atoms with Gasteiger partial charge in [0.1, 0.15) is 22.6 Å². The highest BCUT2D eigenvalue weighted by Crippen LogP contribution is 2.24. The number of anilines is 1. The minimum absolute atomic E-state index is 0. The normalized spacial score (nSPS) is 11.0. The number of nitrogens with zero attached hydrogens (tertiary/aromatic N) is 3. The van der Waals surface area contributed by atoms with Crippen molar-refractivity contribution in [2.45, 2.75) is 34.9 Å². The Morgan fingerprint density at radius 3 is 2.55 bits per heavy atom. The summed E-state index contributed by atoms with van der Waals surface area (Å²) < 4.78 is 25.2. The summed E-state index contributed by atoms with van der Waals surface area (Å²) in [5.74, 6) is -1.50. The first kappa shape index (κ1) is 25.4. The summed E-state index contributed by atoms with van der Waals surface area (Å²) in [6.07, 6.45) is 2.81. The van der Waals surface area contributed by atoms with Gasteiger partial charge in [-0.15, -0.1) is 0 Å². The number of esters is 2. The van der Waals surface area contributed by atoms with Crippen LogP contribution in [0.1, 0.15) is 49.8 Å². The average Bonchev–Trinajstić information content (AvgIpc) is 3.13. The molecule has 0 saturated heterocycles. The molecule has 0 radical (unpaired) electrons. The Bertz CT molecular complexity index is 1210. The molecule has 0 atom stereocenters. The SMILES string of the molecule is C.CNc1cc(F)ccc1C(=N)c1cnc2c(n1)c(C(=O)OC)cn2COC(=O)C(C)(C)C. The van der Waals surface area contributed by atoms with E-state index in [9.17, 15) is 14.0 Å². The van der Waals surface area contributed by atoms with Gasteiger partial charge in [-0.25, -0.2) is 19.2 Å². The van der Waals surface area contributed by atoms with E-state index in [4.69, 9.17) is 14.9 Å². The number of carbonyl (C=O) groups excluding carboxylic acids is 2. The third-order valence-electron chi connectivity index (χ3n) is 4.69. The first-order chi connectivity index (χ1) is 15.1. The van der Waals surface area contributed by atoms with Crippen LogP contribution in [0, 0.1) is 16.6 Å². The van der Waals surface area contributed by atoms with Crippen LogP contribution in [0.4, 0.5) is 10.1 Å². The molecule has 2 N–H and O–H groups in total. The number of benzene rings is 1. The standard InChI is InChI=1S/C22H24FN5O4.CH4/c1-22(2,3)21(30)32-11-28-10-14(20(29)31-5)18-19(28)26-9-16(27-18)17(24)13-7-6-12(23)8-15(13)25-4;/h6-10,24-25H,11H2,1-5H3;1H4. The van der Waals surface area contributed by atoms with E-state index < -0.39 is 23.2 Å². The van der Waals surface area contributed by atoms with Crippen LogP contribution in [0.15, 0.2) is 30.6 Å². The van der Waals surface area contributed by atoms with Crippen molar-refractivity contribution in [3.63, 3.8) is 0 Å². The van der Waals surface area contributed by atoms with Crippen LogP contribution in [0.25, 0.3) is 11.2 Å². The summed E-state index contributed by atoms with van der Waals surface area (Å²) in [6, 6.07) is 3.99. The van der Waals surface area contributed by atoms with E-state index in [0.717, 1.165) is 0 Å². The Morgan fingerprint density at radius 2 is 1.94 bits per heavy atom. The molecule has 3 rings (SSSR count). The van der Waals surface area contributed by atoms with Crippen molar-refractivity contribution in [2.24, 2.45) is 5.41 Å². The van der Waals surface area contributed by atoms with Gasteiger partial charge >= 0.3 is 11.9 Å². The van der Waals surface area contributed by atoms with Crippen molar-refractivity contribution < 1.29 is 23.5 Å². The average molecular weight is 458 g/mol. The molecule has 0 amide bonds. The van der Waals surface area contributed by atoms with Crippen LogP contribution >= 0.6 is 0 Å². The Morgan fingerprint density at radius 1 is 1.24 bits per heavy atom. The molecule has 0 saturated carbocycles. The fourth-order valence-electron chi connectivity index (χ4n) is 2.95. The largest absolute Gasteiger partial charge is 0.465 e. The number of hydrogen-bond donors (Lipinski definition) is 2. The van der Waals surface area contributed by atoms with Crippen molar-refractivity contribution in [2.75, 3.05) is 19.5 Å². The fourth-order valence-corrected chi connectivity index (χ4v) is 2.95. The highest BCUT2D eigenvalue weighted by molar-refractivity contribution is 6.13. The van der Waals surface area contributed by atoms with Crippen molar-refractivity contribution in [3.05, 3.63) is 53.2 Å². The topological polar surface area (TPSA) is 119 Å². The molecular formula is C23H28FN5O4. The number of nitrogens with one attached hydrogen (secondary N) is 2. The molecule has 33 heavy (non-hydrogen) atoms. The minimum atomic E-state index is -0.692. The van der Waals surface area contributed by atoms with Gasteiger partial charge in [0.2, 0.25) is 0 Å². The number of ether oxygens (including phenoxy) is 2.